The molecule has 0 bridgehead atoms. The third kappa shape index (κ3) is 7.84. The Morgan fingerprint density at radius 2 is 1.82 bits per heavy atom. The van der Waals surface area contributed by atoms with Gasteiger partial charge in [-0.3, -0.25) is 10.1 Å². The lowest BCUT2D eigenvalue weighted by Crippen LogP contribution is -2.47. The first-order valence-corrected chi connectivity index (χ1v) is 8.60. The maximum absolute atomic E-state index is 11.8. The van der Waals surface area contributed by atoms with Gasteiger partial charge in [-0.1, -0.05) is 19.0 Å². The van der Waals surface area contributed by atoms with Gasteiger partial charge in [0.25, 0.3) is 0 Å². The van der Waals surface area contributed by atoms with Gasteiger partial charge < -0.3 is 40.7 Å². The van der Waals surface area contributed by atoms with Crippen LogP contribution in [0.3, 0.4) is 0 Å². The summed E-state index contributed by atoms with van der Waals surface area (Å²) >= 11 is 0. The molecule has 1 amide bonds. The summed E-state index contributed by atoms with van der Waals surface area (Å²) in [6.45, 7) is 2.25. The van der Waals surface area contributed by atoms with E-state index in [1.54, 1.807) is 0 Å². The number of hydrogen-bond acceptors (Lipinski definition) is 11. The first-order chi connectivity index (χ1) is 13.2. The van der Waals surface area contributed by atoms with E-state index in [4.69, 9.17) is 14.7 Å². The van der Waals surface area contributed by atoms with Gasteiger partial charge in [-0.25, -0.2) is 4.79 Å². The molecule has 0 saturated heterocycles. The highest BCUT2D eigenvalue weighted by Gasteiger charge is 2.26. The van der Waals surface area contributed by atoms with Gasteiger partial charge in [0, 0.05) is 12.5 Å². The van der Waals surface area contributed by atoms with Gasteiger partial charge >= 0.3 is 5.97 Å². The molecule has 1 aromatic rings. The second-order valence-corrected chi connectivity index (χ2v) is 6.34. The van der Waals surface area contributed by atoms with E-state index >= 15 is 0 Å². The van der Waals surface area contributed by atoms with Gasteiger partial charge in [-0.15, -0.1) is 0 Å². The maximum Gasteiger partial charge on any atom is 0.328 e. The summed E-state index contributed by atoms with van der Waals surface area (Å²) in [5, 5.41) is 57.2. The zero-order chi connectivity index (χ0) is 21.3. The lowest BCUT2D eigenvalue weighted by Gasteiger charge is -2.17. The zero-order valence-electron chi connectivity index (χ0n) is 15.6. The van der Waals surface area contributed by atoms with Crippen molar-refractivity contribution in [2.75, 3.05) is 19.8 Å². The molecule has 0 saturated carbocycles. The summed E-state index contributed by atoms with van der Waals surface area (Å²) in [5.41, 5.74) is 0. The minimum Gasteiger partial charge on any atom is -0.480 e. The zero-order valence-corrected chi connectivity index (χ0v) is 15.6. The Kier molecular flexibility index (Phi) is 9.92. The molecular formula is C15H27N5O8. The standard InChI is InChI=1S/C15H27N5O8/c1-7(2)17-9(5-21)13-19-14(28-20-13)8(3-12(24)25)16-4-11(23)18-10(6-22)15(26)27/h7-10,12,16-17,21-22,24-25H,3-6H2,1-2H3,(H,18,23)(H,26,27). The third-order valence-electron chi connectivity index (χ3n) is 3.56. The summed E-state index contributed by atoms with van der Waals surface area (Å²) in [5.74, 6) is -2.03. The summed E-state index contributed by atoms with van der Waals surface area (Å²) in [6.07, 6.45) is -2.04. The van der Waals surface area contributed by atoms with Crippen molar-refractivity contribution in [3.8, 4) is 0 Å². The minimum atomic E-state index is -1.75. The normalized spacial score (nSPS) is 14.9. The number of carbonyl (C=O) groups is 2. The van der Waals surface area contributed by atoms with Crippen molar-refractivity contribution in [2.24, 2.45) is 0 Å². The fourth-order valence-electron chi connectivity index (χ4n) is 2.27. The van der Waals surface area contributed by atoms with Crippen molar-refractivity contribution in [1.82, 2.24) is 26.1 Å². The molecule has 1 aromatic heterocycles. The summed E-state index contributed by atoms with van der Waals surface area (Å²) < 4.78 is 5.10. The molecule has 0 aliphatic heterocycles. The van der Waals surface area contributed by atoms with E-state index in [1.807, 2.05) is 13.8 Å². The molecule has 0 fully saturated rings. The second-order valence-electron chi connectivity index (χ2n) is 6.34. The number of aliphatic hydroxyl groups excluding tert-OH is 3. The topological polar surface area (TPSA) is 210 Å². The van der Waals surface area contributed by atoms with E-state index in [1.165, 1.54) is 0 Å². The van der Waals surface area contributed by atoms with Gasteiger partial charge in [0.2, 0.25) is 11.8 Å². The predicted octanol–water partition coefficient (Wildman–Crippen LogP) is -3.01. The van der Waals surface area contributed by atoms with Gasteiger partial charge in [-0.05, 0) is 0 Å². The highest BCUT2D eigenvalue weighted by molar-refractivity contribution is 5.84. The molecule has 160 valence electrons. The molecular weight excluding hydrogens is 378 g/mol. The Morgan fingerprint density at radius 1 is 1.14 bits per heavy atom. The number of amides is 1. The lowest BCUT2D eigenvalue weighted by molar-refractivity contribution is -0.142. The van der Waals surface area contributed by atoms with Gasteiger partial charge in [0.1, 0.15) is 6.04 Å². The molecule has 13 nitrogen and oxygen atoms in total. The average Bonchev–Trinajstić information content (AvgIpc) is 3.10. The Balaban J connectivity index is 2.80. The van der Waals surface area contributed by atoms with Crippen molar-refractivity contribution in [2.45, 2.75) is 50.7 Å². The van der Waals surface area contributed by atoms with Crippen LogP contribution in [-0.2, 0) is 9.59 Å². The molecule has 0 aromatic carbocycles. The van der Waals surface area contributed by atoms with E-state index < -0.39 is 49.4 Å². The number of nitrogens with one attached hydrogen (secondary N) is 3. The molecule has 13 heteroatoms. The number of aliphatic hydroxyl groups is 4. The number of nitrogens with zero attached hydrogens (tertiary/aromatic N) is 2. The predicted molar refractivity (Wildman–Crippen MR) is 92.6 cm³/mol. The highest BCUT2D eigenvalue weighted by atomic mass is 16.5. The fourth-order valence-corrected chi connectivity index (χ4v) is 2.27. The Hall–Kier alpha value is -2.16. The number of carbonyl (C=O) groups excluding carboxylic acids is 1. The molecule has 28 heavy (non-hydrogen) atoms. The highest BCUT2D eigenvalue weighted by Crippen LogP contribution is 2.18. The van der Waals surface area contributed by atoms with Crippen molar-refractivity contribution in [1.29, 1.82) is 0 Å². The molecule has 0 spiro atoms. The monoisotopic (exact) mass is 405 g/mol. The largest absolute Gasteiger partial charge is 0.480 e. The van der Waals surface area contributed by atoms with Crippen LogP contribution in [0.5, 0.6) is 0 Å². The van der Waals surface area contributed by atoms with Crippen LogP contribution in [0.15, 0.2) is 4.52 Å². The lowest BCUT2D eigenvalue weighted by atomic mass is 10.2. The number of carboxylic acids is 1. The number of hydrogen-bond donors (Lipinski definition) is 8. The first kappa shape index (κ1) is 23.9. The average molecular weight is 405 g/mol. The van der Waals surface area contributed by atoms with E-state index in [0.29, 0.717) is 0 Å². The second kappa shape index (κ2) is 11.6. The van der Waals surface area contributed by atoms with Crippen molar-refractivity contribution in [3.63, 3.8) is 0 Å². The van der Waals surface area contributed by atoms with Crippen LogP contribution in [0, 0.1) is 0 Å². The number of carboxylic acid groups (broad SMARTS) is 1. The maximum atomic E-state index is 11.8. The van der Waals surface area contributed by atoms with Crippen molar-refractivity contribution >= 4 is 11.9 Å². The Morgan fingerprint density at radius 3 is 2.32 bits per heavy atom. The first-order valence-electron chi connectivity index (χ1n) is 8.60. The smallest absolute Gasteiger partial charge is 0.328 e. The molecule has 1 rings (SSSR count). The minimum absolute atomic E-state index is 0.0321. The molecule has 3 unspecified atom stereocenters. The van der Waals surface area contributed by atoms with E-state index in [0.717, 1.165) is 0 Å². The number of aliphatic carboxylic acids is 1. The Labute approximate surface area is 160 Å². The van der Waals surface area contributed by atoms with E-state index in [-0.39, 0.29) is 30.8 Å². The van der Waals surface area contributed by atoms with Gasteiger partial charge in [0.05, 0.1) is 31.8 Å². The quantitative estimate of drug-likeness (QED) is 0.154. The fraction of sp³-hybridized carbons (Fsp3) is 0.733. The molecule has 0 radical (unpaired) electrons. The van der Waals surface area contributed by atoms with Crippen LogP contribution in [0.1, 0.15) is 44.1 Å². The molecule has 0 aliphatic carbocycles. The van der Waals surface area contributed by atoms with E-state index in [2.05, 4.69) is 26.1 Å². The van der Waals surface area contributed by atoms with Crippen LogP contribution in [0.2, 0.25) is 0 Å². The van der Waals surface area contributed by atoms with Crippen LogP contribution >= 0.6 is 0 Å². The van der Waals surface area contributed by atoms with Crippen molar-refractivity contribution in [3.05, 3.63) is 11.7 Å². The number of rotatable bonds is 13. The summed E-state index contributed by atoms with van der Waals surface area (Å²) in [4.78, 5) is 26.8. The van der Waals surface area contributed by atoms with Gasteiger partial charge in [0.15, 0.2) is 12.1 Å². The molecule has 1 heterocycles. The SMILES string of the molecule is CC(C)NC(CO)c1noc(C(CC(O)O)NCC(=O)NC(CO)C(=O)O)n1. The molecule has 0 aliphatic rings. The number of aromatic nitrogens is 2. The van der Waals surface area contributed by atoms with Crippen LogP contribution in [-0.4, -0.2) is 85.7 Å². The van der Waals surface area contributed by atoms with Crippen LogP contribution in [0.4, 0.5) is 0 Å². The van der Waals surface area contributed by atoms with Crippen LogP contribution < -0.4 is 16.0 Å². The van der Waals surface area contributed by atoms with E-state index in [9.17, 15) is 24.9 Å². The summed E-state index contributed by atoms with van der Waals surface area (Å²) in [7, 11) is 0. The van der Waals surface area contributed by atoms with Gasteiger partial charge in [-0.2, -0.15) is 4.98 Å². The van der Waals surface area contributed by atoms with Crippen LogP contribution in [0.25, 0.3) is 0 Å². The summed E-state index contributed by atoms with van der Waals surface area (Å²) in [6, 6.07) is -2.95. The Bertz CT molecular complexity index is 623. The van der Waals surface area contributed by atoms with Crippen molar-refractivity contribution < 1.29 is 39.6 Å². The molecule has 3 atom stereocenters. The third-order valence-corrected chi connectivity index (χ3v) is 3.56. The molecule has 8 N–H and O–H groups in total.